The maximum atomic E-state index is 13.5. The van der Waals surface area contributed by atoms with E-state index in [1.165, 1.54) is 34.8 Å². The van der Waals surface area contributed by atoms with Gasteiger partial charge in [-0.2, -0.15) is 0 Å². The second-order valence-electron chi connectivity index (χ2n) is 8.09. The minimum atomic E-state index is -0.355. The summed E-state index contributed by atoms with van der Waals surface area (Å²) in [6.45, 7) is 5.51. The van der Waals surface area contributed by atoms with Crippen LogP contribution in [0.15, 0.2) is 60.1 Å². The van der Waals surface area contributed by atoms with E-state index >= 15 is 0 Å². The number of hydrogen-bond acceptors (Lipinski definition) is 3. The fourth-order valence-corrected chi connectivity index (χ4v) is 4.95. The van der Waals surface area contributed by atoms with Crippen LogP contribution in [0.5, 0.6) is 0 Å². The van der Waals surface area contributed by atoms with Crippen molar-refractivity contribution in [3.05, 3.63) is 88.4 Å². The van der Waals surface area contributed by atoms with E-state index in [-0.39, 0.29) is 24.1 Å². The second-order valence-corrected chi connectivity index (χ2v) is 9.31. The van der Waals surface area contributed by atoms with Gasteiger partial charge in [0, 0.05) is 56.2 Å². The van der Waals surface area contributed by atoms with Crippen molar-refractivity contribution in [2.45, 2.75) is 12.8 Å². The molecule has 1 amide bonds. The van der Waals surface area contributed by atoms with Gasteiger partial charge in [-0.1, -0.05) is 18.1 Å². The molecule has 0 radical (unpaired) electrons. The molecule has 0 N–H and O–H groups in total. The summed E-state index contributed by atoms with van der Waals surface area (Å²) in [5, 5.41) is 0. The maximum absolute atomic E-state index is 13.5. The lowest BCUT2D eigenvalue weighted by Crippen LogP contribution is -2.42. The number of aryl methyl sites for hydroxylation is 1. The summed E-state index contributed by atoms with van der Waals surface area (Å²) in [5.41, 5.74) is 3.07. The zero-order valence-electron chi connectivity index (χ0n) is 18.7. The summed E-state index contributed by atoms with van der Waals surface area (Å²) in [7, 11) is 3.83. The van der Waals surface area contributed by atoms with Crippen molar-refractivity contribution in [3.8, 4) is 0 Å². The lowest BCUT2D eigenvalue weighted by Gasteiger charge is -2.26. The molecule has 0 saturated carbocycles. The van der Waals surface area contributed by atoms with Crippen molar-refractivity contribution in [3.63, 3.8) is 0 Å². The van der Waals surface area contributed by atoms with Crippen LogP contribution in [-0.4, -0.2) is 52.2 Å². The molecule has 0 unspecified atom stereocenters. The highest BCUT2D eigenvalue weighted by molar-refractivity contribution is 7.07. The number of nitrogens with zero attached hydrogens (tertiary/aromatic N) is 4. The highest BCUT2D eigenvalue weighted by Crippen LogP contribution is 2.25. The first kappa shape index (κ1) is 22.9. The van der Waals surface area contributed by atoms with E-state index < -0.39 is 0 Å². The summed E-state index contributed by atoms with van der Waals surface area (Å²) in [4.78, 5) is 22.8. The number of hydrogen-bond donors (Lipinski definition) is 0. The highest BCUT2D eigenvalue weighted by Gasteiger charge is 2.24. The number of amidine groups is 1. The molecule has 8 heteroatoms. The van der Waals surface area contributed by atoms with Gasteiger partial charge in [0.25, 0.3) is 0 Å². The number of carbonyl (C=O) groups excluding carboxylic acids is 1. The van der Waals surface area contributed by atoms with Crippen LogP contribution in [-0.2, 0) is 24.7 Å². The van der Waals surface area contributed by atoms with Crippen LogP contribution in [0, 0.1) is 11.6 Å². The van der Waals surface area contributed by atoms with E-state index in [9.17, 15) is 13.6 Å². The average molecular weight is 469 g/mol. The Kier molecular flexibility index (Phi) is 6.74. The zero-order valence-corrected chi connectivity index (χ0v) is 19.5. The number of amides is 1. The molecule has 3 aromatic rings. The Labute approximate surface area is 196 Å². The molecule has 172 valence electrons. The molecule has 0 fully saturated rings. The van der Waals surface area contributed by atoms with Crippen molar-refractivity contribution in [1.29, 1.82) is 0 Å². The molecule has 1 aliphatic heterocycles. The van der Waals surface area contributed by atoms with Crippen molar-refractivity contribution in [2.24, 2.45) is 12.0 Å². The third-order valence-corrected chi connectivity index (χ3v) is 6.94. The molecular weight excluding hydrogens is 442 g/mol. The van der Waals surface area contributed by atoms with Gasteiger partial charge < -0.3 is 13.8 Å². The predicted octanol–water partition coefficient (Wildman–Crippen LogP) is 4.34. The third-order valence-electron chi connectivity index (χ3n) is 5.78. The molecule has 0 saturated heterocycles. The van der Waals surface area contributed by atoms with Gasteiger partial charge in [0.15, 0.2) is 0 Å². The Morgan fingerprint density at radius 2 is 1.61 bits per heavy atom. The fraction of sp³-hybridized carbons (Fsp3) is 0.280. The van der Waals surface area contributed by atoms with Gasteiger partial charge in [-0.15, -0.1) is 0 Å². The van der Waals surface area contributed by atoms with Crippen LogP contribution in [0.3, 0.4) is 0 Å². The van der Waals surface area contributed by atoms with Gasteiger partial charge in [0.05, 0.1) is 12.2 Å². The molecule has 1 aliphatic rings. The Balaban J connectivity index is 1.53. The summed E-state index contributed by atoms with van der Waals surface area (Å²) < 4.78 is 29.0. The van der Waals surface area contributed by atoms with Crippen LogP contribution < -0.4 is 0 Å². The molecule has 0 bridgehead atoms. The van der Waals surface area contributed by atoms with E-state index in [1.807, 2.05) is 11.9 Å². The van der Waals surface area contributed by atoms with Crippen molar-refractivity contribution >= 4 is 29.0 Å². The minimum absolute atomic E-state index is 0.00913. The third kappa shape index (κ3) is 5.22. The van der Waals surface area contributed by atoms with Crippen LogP contribution in [0.1, 0.15) is 21.7 Å². The van der Waals surface area contributed by atoms with E-state index in [1.54, 1.807) is 47.7 Å². The quantitative estimate of drug-likeness (QED) is 0.413. The van der Waals surface area contributed by atoms with Crippen LogP contribution in [0.4, 0.5) is 8.78 Å². The van der Waals surface area contributed by atoms with Crippen molar-refractivity contribution in [1.82, 2.24) is 13.8 Å². The summed E-state index contributed by atoms with van der Waals surface area (Å²) in [5.74, 6) is -0.198. The number of rotatable bonds is 5. The molecular formula is C25H26F2N4OS. The highest BCUT2D eigenvalue weighted by atomic mass is 32.1. The Morgan fingerprint density at radius 1 is 1.03 bits per heavy atom. The Bertz CT molecular complexity index is 1180. The Morgan fingerprint density at radius 3 is 2.21 bits per heavy atom. The first-order valence-corrected chi connectivity index (χ1v) is 11.5. The summed E-state index contributed by atoms with van der Waals surface area (Å²) >= 11 is 1.74. The lowest BCUT2D eigenvalue weighted by molar-refractivity contribution is -0.131. The summed E-state index contributed by atoms with van der Waals surface area (Å²) in [6, 6.07) is 11.9. The molecule has 0 spiro atoms. The molecule has 33 heavy (non-hydrogen) atoms. The number of likely N-dealkylation sites (N-methyl/N-ethyl adjacent to an activating group) is 1. The zero-order chi connectivity index (χ0) is 23.5. The normalized spacial score (nSPS) is 14.1. The number of fused-ring (bicyclic) bond motifs is 1. The SMILES string of the molecule is C=C(N=C(c1ccc(F)cc1)N(C)CC(=O)N1CCc2sn(C)c2CC1)c1ccc(F)cc1. The molecule has 2 aromatic carbocycles. The first-order chi connectivity index (χ1) is 15.8. The van der Waals surface area contributed by atoms with Gasteiger partial charge in [-0.25, -0.2) is 13.8 Å². The molecule has 2 heterocycles. The van der Waals surface area contributed by atoms with E-state index in [4.69, 9.17) is 0 Å². The number of aliphatic imine (C=N–C) groups is 1. The summed E-state index contributed by atoms with van der Waals surface area (Å²) in [6.07, 6.45) is 1.73. The largest absolute Gasteiger partial charge is 0.350 e. The van der Waals surface area contributed by atoms with Crippen LogP contribution in [0.25, 0.3) is 5.70 Å². The average Bonchev–Trinajstić information content (AvgIpc) is 2.97. The molecule has 5 nitrogen and oxygen atoms in total. The number of benzene rings is 2. The number of carbonyl (C=O) groups is 1. The van der Waals surface area contributed by atoms with Gasteiger partial charge in [0.1, 0.15) is 17.5 Å². The van der Waals surface area contributed by atoms with Gasteiger partial charge >= 0.3 is 0 Å². The Hall–Kier alpha value is -3.26. The lowest BCUT2D eigenvalue weighted by atomic mass is 10.1. The number of aromatic nitrogens is 1. The molecule has 0 atom stereocenters. The van der Waals surface area contributed by atoms with Gasteiger partial charge in [-0.05, 0) is 54.1 Å². The topological polar surface area (TPSA) is 40.8 Å². The van der Waals surface area contributed by atoms with E-state index in [2.05, 4.69) is 15.5 Å². The first-order valence-electron chi connectivity index (χ1n) is 10.7. The van der Waals surface area contributed by atoms with Crippen molar-refractivity contribution < 1.29 is 13.6 Å². The second kappa shape index (κ2) is 9.70. The van der Waals surface area contributed by atoms with Gasteiger partial charge in [0.2, 0.25) is 5.91 Å². The van der Waals surface area contributed by atoms with E-state index in [0.29, 0.717) is 35.7 Å². The van der Waals surface area contributed by atoms with Crippen LogP contribution >= 0.6 is 11.5 Å². The molecule has 1 aromatic heterocycles. The monoisotopic (exact) mass is 468 g/mol. The van der Waals surface area contributed by atoms with E-state index in [0.717, 1.165) is 12.8 Å². The van der Waals surface area contributed by atoms with Gasteiger partial charge in [-0.3, -0.25) is 4.79 Å². The van der Waals surface area contributed by atoms with Crippen molar-refractivity contribution in [2.75, 3.05) is 26.7 Å². The smallest absolute Gasteiger partial charge is 0.242 e. The molecule has 0 aliphatic carbocycles. The maximum Gasteiger partial charge on any atom is 0.242 e. The predicted molar refractivity (Wildman–Crippen MR) is 128 cm³/mol. The molecule has 4 rings (SSSR count). The number of halogens is 2. The fourth-order valence-electron chi connectivity index (χ4n) is 3.92. The minimum Gasteiger partial charge on any atom is -0.350 e. The van der Waals surface area contributed by atoms with Crippen LogP contribution in [0.2, 0.25) is 0 Å². The standard InChI is InChI=1S/C25H26F2N4OS/c1-17(18-4-8-20(26)9-5-18)28-25(19-6-10-21(27)11-7-19)29(2)16-24(32)31-14-12-22-23(13-15-31)33-30(22)3/h4-11H,1,12-16H2,2-3H3.